The minimum absolute atomic E-state index is 0.555. The van der Waals surface area contributed by atoms with Gasteiger partial charge >= 0.3 is 0 Å². The first-order valence-electron chi connectivity index (χ1n) is 6.25. The molecule has 0 unspecified atom stereocenters. The van der Waals surface area contributed by atoms with E-state index in [0.29, 0.717) is 12.1 Å². The van der Waals surface area contributed by atoms with Gasteiger partial charge in [-0.3, -0.25) is 4.99 Å². The maximum absolute atomic E-state index is 6.16. The molecule has 0 saturated heterocycles. The third kappa shape index (κ3) is 3.10. The molecule has 0 heterocycles. The summed E-state index contributed by atoms with van der Waals surface area (Å²) >= 11 is 0. The minimum atomic E-state index is -0.928. The van der Waals surface area contributed by atoms with E-state index >= 15 is 0 Å². The second-order valence-corrected chi connectivity index (χ2v) is 5.14. The molecule has 1 aliphatic rings. The molecule has 0 aliphatic heterocycles. The predicted molar refractivity (Wildman–Crippen MR) is 81.4 cm³/mol. The number of nitrogens with zero attached hydrogens (tertiary/aromatic N) is 1. The quantitative estimate of drug-likeness (QED) is 0.429. The first kappa shape index (κ1) is 13.5. The van der Waals surface area contributed by atoms with Gasteiger partial charge in [0.2, 0.25) is 0 Å². The van der Waals surface area contributed by atoms with E-state index in [2.05, 4.69) is 4.99 Å². The number of aliphatic imine (C=N–C) groups is 1. The van der Waals surface area contributed by atoms with E-state index in [-0.39, 0.29) is 0 Å². The van der Waals surface area contributed by atoms with Gasteiger partial charge in [0.15, 0.2) is 0 Å². The number of rotatable bonds is 2. The highest BCUT2D eigenvalue weighted by Crippen LogP contribution is 2.31. The van der Waals surface area contributed by atoms with Gasteiger partial charge in [0.25, 0.3) is 0 Å². The van der Waals surface area contributed by atoms with Gasteiger partial charge in [0.05, 0.1) is 5.70 Å². The van der Waals surface area contributed by atoms with Crippen LogP contribution in [0.15, 0.2) is 47.1 Å². The molecule has 0 fully saturated rings. The third-order valence-electron chi connectivity index (χ3n) is 3.03. The molecule has 1 aromatic carbocycles. The zero-order valence-electron chi connectivity index (χ0n) is 11.4. The molecule has 0 atom stereocenters. The summed E-state index contributed by atoms with van der Waals surface area (Å²) < 4.78 is 0. The summed E-state index contributed by atoms with van der Waals surface area (Å²) in [6, 6.07) is 7.70. The van der Waals surface area contributed by atoms with Gasteiger partial charge in [0, 0.05) is 17.8 Å². The Labute approximate surface area is 113 Å². The summed E-state index contributed by atoms with van der Waals surface area (Å²) in [7, 11) is 0. The van der Waals surface area contributed by atoms with Crippen molar-refractivity contribution in [3.63, 3.8) is 0 Å². The molecule has 0 spiro atoms. The number of anilines is 1. The topological polar surface area (TPSA) is 90.4 Å². The van der Waals surface area contributed by atoms with Crippen LogP contribution in [0.2, 0.25) is 0 Å². The van der Waals surface area contributed by atoms with Crippen LogP contribution in [0, 0.1) is 0 Å². The monoisotopic (exact) mass is 256 g/mol. The van der Waals surface area contributed by atoms with E-state index in [1.165, 1.54) is 0 Å². The Morgan fingerprint density at radius 1 is 1.11 bits per heavy atom. The number of hydrogen-bond donors (Lipinski definition) is 3. The lowest BCUT2D eigenvalue weighted by atomic mass is 9.88. The van der Waals surface area contributed by atoms with Crippen LogP contribution in [0.5, 0.6) is 0 Å². The highest BCUT2D eigenvalue weighted by molar-refractivity contribution is 5.81. The Balaban J connectivity index is 2.36. The average molecular weight is 256 g/mol. The molecule has 1 aromatic rings. The van der Waals surface area contributed by atoms with Gasteiger partial charge in [-0.05, 0) is 43.2 Å². The number of allylic oxidation sites excluding steroid dienone is 2. The molecule has 1 aliphatic carbocycles. The Morgan fingerprint density at radius 2 is 1.74 bits per heavy atom. The number of hydrogen-bond acceptors (Lipinski definition) is 4. The van der Waals surface area contributed by atoms with Crippen molar-refractivity contribution in [1.82, 2.24) is 0 Å². The fourth-order valence-electron chi connectivity index (χ4n) is 2.08. The van der Waals surface area contributed by atoms with E-state index in [4.69, 9.17) is 17.2 Å². The molecule has 0 amide bonds. The van der Waals surface area contributed by atoms with Gasteiger partial charge in [-0.25, -0.2) is 0 Å². The molecule has 19 heavy (non-hydrogen) atoms. The Bertz CT molecular complexity index is 558. The van der Waals surface area contributed by atoms with Crippen LogP contribution in [0.25, 0.3) is 5.57 Å². The first-order chi connectivity index (χ1) is 8.88. The molecule has 4 nitrogen and oxygen atoms in total. The second kappa shape index (κ2) is 4.99. The zero-order valence-corrected chi connectivity index (χ0v) is 11.4. The molecule has 0 radical (unpaired) electrons. The van der Waals surface area contributed by atoms with Crippen LogP contribution in [-0.4, -0.2) is 11.4 Å². The van der Waals surface area contributed by atoms with Crippen LogP contribution in [0.4, 0.5) is 5.69 Å². The first-order valence-corrected chi connectivity index (χ1v) is 6.25. The molecule has 4 heteroatoms. The summed E-state index contributed by atoms with van der Waals surface area (Å²) in [4.78, 5) is 4.39. The molecular weight excluding hydrogens is 236 g/mol. The van der Waals surface area contributed by atoms with E-state index in [1.54, 1.807) is 0 Å². The predicted octanol–water partition coefficient (Wildman–Crippen LogP) is 2.03. The van der Waals surface area contributed by atoms with Crippen LogP contribution >= 0.6 is 0 Å². The summed E-state index contributed by atoms with van der Waals surface area (Å²) in [5.74, 6) is 0. The summed E-state index contributed by atoms with van der Waals surface area (Å²) in [5.41, 5.74) is 21.7. The standard InChI is InChI=1S/C15H20N4/c1-10(2)19-14-8-5-12(9-15(14,17)18)11-3-6-13(16)7-4-11/h3-8H,9,16-18H2,1-2H3. The Morgan fingerprint density at radius 3 is 2.26 bits per heavy atom. The number of nitrogens with two attached hydrogens (primary N) is 3. The molecule has 0 aromatic heterocycles. The average Bonchev–Trinajstić information content (AvgIpc) is 2.32. The fourth-order valence-corrected chi connectivity index (χ4v) is 2.08. The van der Waals surface area contributed by atoms with Gasteiger partial charge < -0.3 is 17.2 Å². The lowest BCUT2D eigenvalue weighted by Crippen LogP contribution is -2.51. The zero-order chi connectivity index (χ0) is 14.0. The van der Waals surface area contributed by atoms with Crippen molar-refractivity contribution in [2.75, 3.05) is 5.73 Å². The number of benzene rings is 1. The van der Waals surface area contributed by atoms with Crippen molar-refractivity contribution < 1.29 is 0 Å². The summed E-state index contributed by atoms with van der Waals surface area (Å²) in [6.45, 7) is 3.85. The Kier molecular flexibility index (Phi) is 3.55. The molecule has 2 rings (SSSR count). The maximum atomic E-state index is 6.16. The fraction of sp³-hybridized carbons (Fsp3) is 0.267. The van der Waals surface area contributed by atoms with Crippen molar-refractivity contribution >= 4 is 17.0 Å². The van der Waals surface area contributed by atoms with Gasteiger partial charge in [0.1, 0.15) is 5.66 Å². The lowest BCUT2D eigenvalue weighted by molar-refractivity contribution is 0.524. The van der Waals surface area contributed by atoms with Crippen LogP contribution < -0.4 is 17.2 Å². The molecular formula is C15H20N4. The van der Waals surface area contributed by atoms with Crippen LogP contribution in [0.3, 0.4) is 0 Å². The SMILES string of the molecule is CC(C)=NC1=CC=C(c2ccc(N)cc2)CC1(N)N. The van der Waals surface area contributed by atoms with Gasteiger partial charge in [-0.15, -0.1) is 0 Å². The van der Waals surface area contributed by atoms with E-state index in [9.17, 15) is 0 Å². The highest BCUT2D eigenvalue weighted by Gasteiger charge is 2.28. The summed E-state index contributed by atoms with van der Waals surface area (Å²) in [5, 5.41) is 0. The molecule has 0 bridgehead atoms. The van der Waals surface area contributed by atoms with E-state index < -0.39 is 5.66 Å². The van der Waals surface area contributed by atoms with E-state index in [0.717, 1.165) is 22.5 Å². The number of nitrogen functional groups attached to an aromatic ring is 1. The van der Waals surface area contributed by atoms with Gasteiger partial charge in [-0.1, -0.05) is 18.2 Å². The van der Waals surface area contributed by atoms with Gasteiger partial charge in [-0.2, -0.15) is 0 Å². The maximum Gasteiger partial charge on any atom is 0.111 e. The third-order valence-corrected chi connectivity index (χ3v) is 3.03. The van der Waals surface area contributed by atoms with Crippen LogP contribution in [0.1, 0.15) is 25.8 Å². The minimum Gasteiger partial charge on any atom is -0.399 e. The lowest BCUT2D eigenvalue weighted by Gasteiger charge is -2.29. The summed E-state index contributed by atoms with van der Waals surface area (Å²) in [6.07, 6.45) is 4.47. The molecule has 100 valence electrons. The smallest absolute Gasteiger partial charge is 0.111 e. The van der Waals surface area contributed by atoms with Crippen molar-refractivity contribution in [3.05, 3.63) is 47.7 Å². The van der Waals surface area contributed by atoms with Crippen molar-refractivity contribution in [2.45, 2.75) is 25.9 Å². The van der Waals surface area contributed by atoms with Crippen LogP contribution in [-0.2, 0) is 0 Å². The normalized spacial score (nSPS) is 17.5. The molecule has 0 saturated carbocycles. The van der Waals surface area contributed by atoms with Crippen molar-refractivity contribution in [1.29, 1.82) is 0 Å². The van der Waals surface area contributed by atoms with Crippen molar-refractivity contribution in [3.8, 4) is 0 Å². The molecule has 6 N–H and O–H groups in total. The Hall–Kier alpha value is -1.91. The van der Waals surface area contributed by atoms with E-state index in [1.807, 2.05) is 50.3 Å². The largest absolute Gasteiger partial charge is 0.399 e. The highest BCUT2D eigenvalue weighted by atomic mass is 15.0. The second-order valence-electron chi connectivity index (χ2n) is 5.14. The van der Waals surface area contributed by atoms with Crippen molar-refractivity contribution in [2.24, 2.45) is 16.5 Å².